The molecule has 1 aromatic heterocycles. The quantitative estimate of drug-likeness (QED) is 0.477. The summed E-state index contributed by atoms with van der Waals surface area (Å²) in [6, 6.07) is 11.6. The van der Waals surface area contributed by atoms with Crippen molar-refractivity contribution in [2.45, 2.75) is 33.3 Å². The molecular weight excluding hydrogens is 360 g/mol. The minimum Gasteiger partial charge on any atom is -0.387 e. The normalized spacial score (nSPS) is 13.3. The van der Waals surface area contributed by atoms with Crippen LogP contribution in [-0.2, 0) is 6.42 Å². The molecule has 1 aromatic carbocycles. The van der Waals surface area contributed by atoms with Crippen LogP contribution in [0.5, 0.6) is 0 Å². The maximum absolute atomic E-state index is 10.3. The van der Waals surface area contributed by atoms with Gasteiger partial charge in [-0.3, -0.25) is 9.98 Å². The minimum atomic E-state index is -0.615. The first-order chi connectivity index (χ1) is 12.9. The zero-order chi connectivity index (χ0) is 19.7. The first-order valence-corrected chi connectivity index (χ1v) is 9.62. The van der Waals surface area contributed by atoms with Crippen molar-refractivity contribution in [1.29, 1.82) is 0 Å². The van der Waals surface area contributed by atoms with Crippen molar-refractivity contribution in [2.24, 2.45) is 10.4 Å². The Labute approximate surface area is 166 Å². The number of nitrogens with one attached hydrogen (secondary N) is 2. The summed E-state index contributed by atoms with van der Waals surface area (Å²) in [6.45, 7) is 8.18. The molecule has 27 heavy (non-hydrogen) atoms. The van der Waals surface area contributed by atoms with E-state index in [-0.39, 0.29) is 5.41 Å². The van der Waals surface area contributed by atoms with Gasteiger partial charge in [-0.15, -0.1) is 0 Å². The Balaban J connectivity index is 1.95. The van der Waals surface area contributed by atoms with Gasteiger partial charge < -0.3 is 15.7 Å². The molecule has 0 saturated heterocycles. The molecule has 0 radical (unpaired) electrons. The maximum Gasteiger partial charge on any atom is 0.191 e. The summed E-state index contributed by atoms with van der Waals surface area (Å²) in [5.41, 5.74) is 2.01. The molecule has 0 bridgehead atoms. The highest BCUT2D eigenvalue weighted by Crippen LogP contribution is 2.24. The lowest BCUT2D eigenvalue weighted by Crippen LogP contribution is -2.40. The van der Waals surface area contributed by atoms with Crippen LogP contribution in [0.3, 0.4) is 0 Å². The molecule has 1 unspecified atom stereocenters. The molecule has 3 N–H and O–H groups in total. The number of aliphatic hydroxyl groups excluding tert-OH is 1. The van der Waals surface area contributed by atoms with E-state index in [1.165, 1.54) is 5.56 Å². The number of aliphatic hydroxyl groups is 1. The molecule has 0 spiro atoms. The molecule has 0 aliphatic rings. The molecule has 146 valence electrons. The van der Waals surface area contributed by atoms with Crippen molar-refractivity contribution < 1.29 is 5.11 Å². The topological polar surface area (TPSA) is 69.5 Å². The average molecular weight is 389 g/mol. The molecule has 0 amide bonds. The van der Waals surface area contributed by atoms with Crippen LogP contribution in [0.15, 0.2) is 53.8 Å². The van der Waals surface area contributed by atoms with Gasteiger partial charge >= 0.3 is 0 Å². The summed E-state index contributed by atoms with van der Waals surface area (Å²) in [5.74, 6) is 0.699. The molecule has 2 aromatic rings. The fourth-order valence-electron chi connectivity index (χ4n) is 2.79. The Hall–Kier alpha value is -2.11. The third kappa shape index (κ3) is 7.57. The molecule has 1 atom stereocenters. The van der Waals surface area contributed by atoms with Gasteiger partial charge in [0.15, 0.2) is 5.96 Å². The van der Waals surface area contributed by atoms with Crippen molar-refractivity contribution in [3.63, 3.8) is 0 Å². The molecule has 6 heteroatoms. The minimum absolute atomic E-state index is 0.0171. The highest BCUT2D eigenvalue weighted by molar-refractivity contribution is 6.30. The molecule has 1 heterocycles. The molecule has 0 fully saturated rings. The Morgan fingerprint density at radius 2 is 1.96 bits per heavy atom. The van der Waals surface area contributed by atoms with Crippen LogP contribution < -0.4 is 10.6 Å². The second-order valence-corrected chi connectivity index (χ2v) is 7.78. The third-order valence-electron chi connectivity index (χ3n) is 4.13. The SMILES string of the molecule is CCNC(=NCC(C)(C)Cc1cccc(Cl)c1)NCC(O)c1ccncc1. The predicted octanol–water partition coefficient (Wildman–Crippen LogP) is 3.59. The van der Waals surface area contributed by atoms with Crippen molar-refractivity contribution >= 4 is 17.6 Å². The van der Waals surface area contributed by atoms with Gasteiger partial charge in [-0.2, -0.15) is 0 Å². The molecule has 0 aliphatic heterocycles. The zero-order valence-electron chi connectivity index (χ0n) is 16.2. The van der Waals surface area contributed by atoms with Gasteiger partial charge in [0.2, 0.25) is 0 Å². The summed E-state index contributed by atoms with van der Waals surface area (Å²) in [5, 5.41) is 17.5. The lowest BCUT2D eigenvalue weighted by atomic mass is 9.86. The molecule has 0 aliphatic carbocycles. The Bertz CT molecular complexity index is 734. The largest absolute Gasteiger partial charge is 0.387 e. The second kappa shape index (κ2) is 10.3. The Morgan fingerprint density at radius 3 is 2.63 bits per heavy atom. The third-order valence-corrected chi connectivity index (χ3v) is 4.37. The van der Waals surface area contributed by atoms with Crippen molar-refractivity contribution in [3.05, 3.63) is 64.9 Å². The van der Waals surface area contributed by atoms with Crippen LogP contribution in [0.25, 0.3) is 0 Å². The highest BCUT2D eigenvalue weighted by Gasteiger charge is 2.19. The van der Waals surface area contributed by atoms with Crippen LogP contribution in [0.1, 0.15) is 38.0 Å². The summed E-state index contributed by atoms with van der Waals surface area (Å²) in [4.78, 5) is 8.68. The maximum atomic E-state index is 10.3. The number of hydrogen-bond donors (Lipinski definition) is 3. The zero-order valence-corrected chi connectivity index (χ0v) is 17.0. The van der Waals surface area contributed by atoms with Crippen molar-refractivity contribution in [1.82, 2.24) is 15.6 Å². The molecular formula is C21H29ClN4O. The average Bonchev–Trinajstić information content (AvgIpc) is 2.64. The second-order valence-electron chi connectivity index (χ2n) is 7.34. The number of pyridine rings is 1. The van der Waals surface area contributed by atoms with Crippen LogP contribution in [0.4, 0.5) is 0 Å². The summed E-state index contributed by atoms with van der Waals surface area (Å²) in [7, 11) is 0. The van der Waals surface area contributed by atoms with Gasteiger partial charge in [0.1, 0.15) is 0 Å². The van der Waals surface area contributed by atoms with Gasteiger partial charge in [-0.25, -0.2) is 0 Å². The Kier molecular flexibility index (Phi) is 8.07. The van der Waals surface area contributed by atoms with E-state index < -0.39 is 6.10 Å². The number of guanidine groups is 1. The van der Waals surface area contributed by atoms with Gasteiger partial charge in [0, 0.05) is 37.1 Å². The number of benzene rings is 1. The smallest absolute Gasteiger partial charge is 0.191 e. The predicted molar refractivity (Wildman–Crippen MR) is 112 cm³/mol. The van der Waals surface area contributed by atoms with Gasteiger partial charge in [0.25, 0.3) is 0 Å². The van der Waals surface area contributed by atoms with Crippen LogP contribution >= 0.6 is 11.6 Å². The molecule has 5 nitrogen and oxygen atoms in total. The van der Waals surface area contributed by atoms with E-state index in [0.717, 1.165) is 23.6 Å². The van der Waals surface area contributed by atoms with Crippen LogP contribution in [0.2, 0.25) is 5.02 Å². The van der Waals surface area contributed by atoms with E-state index in [0.29, 0.717) is 19.0 Å². The highest BCUT2D eigenvalue weighted by atomic mass is 35.5. The number of rotatable bonds is 8. The first kappa shape index (κ1) is 21.2. The number of hydrogen-bond acceptors (Lipinski definition) is 3. The van der Waals surface area contributed by atoms with E-state index in [2.05, 4.69) is 35.5 Å². The summed E-state index contributed by atoms with van der Waals surface area (Å²) in [6.07, 6.45) is 3.62. The van der Waals surface area contributed by atoms with E-state index in [1.807, 2.05) is 37.3 Å². The monoisotopic (exact) mass is 388 g/mol. The standard InChI is InChI=1S/C21H29ClN4O/c1-4-24-20(25-14-19(27)17-8-10-23-11-9-17)26-15-21(2,3)13-16-6-5-7-18(22)12-16/h5-12,19,27H,4,13-15H2,1-3H3,(H2,24,25,26). The number of nitrogens with zero attached hydrogens (tertiary/aromatic N) is 2. The van der Waals surface area contributed by atoms with Gasteiger partial charge in [-0.1, -0.05) is 37.6 Å². The Morgan fingerprint density at radius 1 is 1.22 bits per heavy atom. The first-order valence-electron chi connectivity index (χ1n) is 9.24. The van der Waals surface area contributed by atoms with E-state index in [1.54, 1.807) is 12.4 Å². The lowest BCUT2D eigenvalue weighted by molar-refractivity contribution is 0.180. The molecule has 2 rings (SSSR count). The fourth-order valence-corrected chi connectivity index (χ4v) is 3.00. The van der Waals surface area contributed by atoms with E-state index in [9.17, 15) is 5.11 Å². The van der Waals surface area contributed by atoms with Gasteiger partial charge in [-0.05, 0) is 54.2 Å². The van der Waals surface area contributed by atoms with E-state index in [4.69, 9.17) is 16.6 Å². The summed E-state index contributed by atoms with van der Waals surface area (Å²) >= 11 is 6.09. The molecule has 0 saturated carbocycles. The summed E-state index contributed by atoms with van der Waals surface area (Å²) < 4.78 is 0. The number of aromatic nitrogens is 1. The van der Waals surface area contributed by atoms with Crippen molar-refractivity contribution in [3.8, 4) is 0 Å². The number of aliphatic imine (C=N–C) groups is 1. The van der Waals surface area contributed by atoms with Crippen molar-refractivity contribution in [2.75, 3.05) is 19.6 Å². The lowest BCUT2D eigenvalue weighted by Gasteiger charge is -2.24. The van der Waals surface area contributed by atoms with E-state index >= 15 is 0 Å². The number of halogens is 1. The fraction of sp³-hybridized carbons (Fsp3) is 0.429. The van der Waals surface area contributed by atoms with Crippen LogP contribution in [-0.4, -0.2) is 35.7 Å². The van der Waals surface area contributed by atoms with Gasteiger partial charge in [0.05, 0.1) is 6.10 Å². The van der Waals surface area contributed by atoms with Crippen LogP contribution in [0, 0.1) is 5.41 Å².